The van der Waals surface area contributed by atoms with E-state index in [-0.39, 0.29) is 18.0 Å². The molecule has 0 aliphatic heterocycles. The molecule has 1 aliphatic rings. The second-order valence-electron chi connectivity index (χ2n) is 4.47. The van der Waals surface area contributed by atoms with Gasteiger partial charge in [-0.25, -0.2) is 0 Å². The quantitative estimate of drug-likeness (QED) is 0.661. The van der Waals surface area contributed by atoms with Gasteiger partial charge in [-0.15, -0.1) is 0 Å². The molecular formula is C12H19N3O. The predicted octanol–water partition coefficient (Wildman–Crippen LogP) is 1.40. The van der Waals surface area contributed by atoms with Gasteiger partial charge in [-0.1, -0.05) is 19.3 Å². The lowest BCUT2D eigenvalue weighted by Crippen LogP contribution is -2.47. The molecule has 2 atom stereocenters. The molecule has 1 aliphatic carbocycles. The maximum Gasteiger partial charge on any atom is 0.267 e. The maximum atomic E-state index is 11.8. The average Bonchev–Trinajstić information content (AvgIpc) is 2.73. The van der Waals surface area contributed by atoms with Gasteiger partial charge in [0.15, 0.2) is 0 Å². The fourth-order valence-electron chi connectivity index (χ4n) is 2.23. The Morgan fingerprint density at radius 3 is 2.94 bits per heavy atom. The van der Waals surface area contributed by atoms with Crippen LogP contribution in [0.2, 0.25) is 0 Å². The van der Waals surface area contributed by atoms with Gasteiger partial charge in [0, 0.05) is 18.3 Å². The zero-order chi connectivity index (χ0) is 11.4. The summed E-state index contributed by atoms with van der Waals surface area (Å²) in [6, 6.07) is 3.82. The molecule has 0 aromatic carbocycles. The molecule has 0 saturated heterocycles. The number of aromatic amines is 1. The number of H-pyrrole nitrogens is 1. The molecule has 4 heteroatoms. The molecule has 4 nitrogen and oxygen atoms in total. The van der Waals surface area contributed by atoms with Crippen LogP contribution in [0, 0.1) is 0 Å². The Kier molecular flexibility index (Phi) is 3.62. The van der Waals surface area contributed by atoms with Gasteiger partial charge in [0.25, 0.3) is 5.91 Å². The van der Waals surface area contributed by atoms with Gasteiger partial charge in [0.1, 0.15) is 5.69 Å². The van der Waals surface area contributed by atoms with Crippen LogP contribution in [0.4, 0.5) is 0 Å². The van der Waals surface area contributed by atoms with E-state index in [1.54, 1.807) is 12.3 Å². The number of nitrogens with two attached hydrogens (primary N) is 1. The highest BCUT2D eigenvalue weighted by Crippen LogP contribution is 2.17. The highest BCUT2D eigenvalue weighted by atomic mass is 16.1. The van der Waals surface area contributed by atoms with Gasteiger partial charge in [-0.05, 0) is 25.0 Å². The standard InChI is InChI=1S/C12H19N3O/c13-9-5-2-1-3-6-10(9)15-12(16)11-7-4-8-14-11/h4,7-10,14H,1-3,5-6,13H2,(H,15,16). The smallest absolute Gasteiger partial charge is 0.267 e. The Labute approximate surface area is 95.6 Å². The van der Waals surface area contributed by atoms with Crippen molar-refractivity contribution < 1.29 is 4.79 Å². The number of carbonyl (C=O) groups is 1. The van der Waals surface area contributed by atoms with E-state index in [0.717, 1.165) is 19.3 Å². The van der Waals surface area contributed by atoms with Gasteiger partial charge in [-0.3, -0.25) is 4.79 Å². The fourth-order valence-corrected chi connectivity index (χ4v) is 2.23. The summed E-state index contributed by atoms with van der Waals surface area (Å²) in [7, 11) is 0. The van der Waals surface area contributed by atoms with Crippen molar-refractivity contribution in [2.75, 3.05) is 0 Å². The predicted molar refractivity (Wildman–Crippen MR) is 63.1 cm³/mol. The summed E-state index contributed by atoms with van der Waals surface area (Å²) in [6.07, 6.45) is 7.31. The summed E-state index contributed by atoms with van der Waals surface area (Å²) in [5, 5.41) is 3.02. The molecule has 1 aromatic rings. The van der Waals surface area contributed by atoms with Crippen LogP contribution in [-0.4, -0.2) is 23.0 Å². The van der Waals surface area contributed by atoms with Crippen molar-refractivity contribution in [2.45, 2.75) is 44.2 Å². The van der Waals surface area contributed by atoms with E-state index in [9.17, 15) is 4.79 Å². The first-order chi connectivity index (χ1) is 7.77. The lowest BCUT2D eigenvalue weighted by atomic mass is 10.0. The summed E-state index contributed by atoms with van der Waals surface area (Å²) < 4.78 is 0. The Bertz CT molecular complexity index is 334. The van der Waals surface area contributed by atoms with Crippen LogP contribution < -0.4 is 11.1 Å². The van der Waals surface area contributed by atoms with Gasteiger partial charge in [-0.2, -0.15) is 0 Å². The fraction of sp³-hybridized carbons (Fsp3) is 0.583. The van der Waals surface area contributed by atoms with Crippen LogP contribution in [0.5, 0.6) is 0 Å². The minimum atomic E-state index is -0.0487. The molecule has 0 bridgehead atoms. The Morgan fingerprint density at radius 1 is 1.38 bits per heavy atom. The number of nitrogens with one attached hydrogen (secondary N) is 2. The normalized spacial score (nSPS) is 26.1. The third-order valence-electron chi connectivity index (χ3n) is 3.23. The first kappa shape index (κ1) is 11.2. The zero-order valence-corrected chi connectivity index (χ0v) is 9.41. The molecule has 88 valence electrons. The van der Waals surface area contributed by atoms with Crippen LogP contribution in [0.25, 0.3) is 0 Å². The molecule has 16 heavy (non-hydrogen) atoms. The first-order valence-corrected chi connectivity index (χ1v) is 5.97. The highest BCUT2D eigenvalue weighted by molar-refractivity contribution is 5.92. The maximum absolute atomic E-state index is 11.8. The number of hydrogen-bond acceptors (Lipinski definition) is 2. The van der Waals surface area contributed by atoms with Crippen LogP contribution in [-0.2, 0) is 0 Å². The largest absolute Gasteiger partial charge is 0.357 e. The van der Waals surface area contributed by atoms with E-state index in [1.165, 1.54) is 12.8 Å². The van der Waals surface area contributed by atoms with Gasteiger partial charge < -0.3 is 16.0 Å². The minimum Gasteiger partial charge on any atom is -0.357 e. The van der Waals surface area contributed by atoms with Crippen molar-refractivity contribution in [1.82, 2.24) is 10.3 Å². The Balaban J connectivity index is 1.95. The van der Waals surface area contributed by atoms with Crippen LogP contribution in [0.3, 0.4) is 0 Å². The van der Waals surface area contributed by atoms with E-state index in [0.29, 0.717) is 5.69 Å². The van der Waals surface area contributed by atoms with Crippen molar-refractivity contribution in [3.05, 3.63) is 24.0 Å². The van der Waals surface area contributed by atoms with Crippen LogP contribution in [0.1, 0.15) is 42.6 Å². The lowest BCUT2D eigenvalue weighted by molar-refractivity contribution is 0.0924. The number of aromatic nitrogens is 1. The third kappa shape index (κ3) is 2.64. The molecular weight excluding hydrogens is 202 g/mol. The summed E-state index contributed by atoms with van der Waals surface area (Å²) >= 11 is 0. The first-order valence-electron chi connectivity index (χ1n) is 5.97. The minimum absolute atomic E-state index is 0.0487. The summed E-state index contributed by atoms with van der Waals surface area (Å²) in [5.41, 5.74) is 6.66. The van der Waals surface area contributed by atoms with Crippen molar-refractivity contribution in [3.63, 3.8) is 0 Å². The highest BCUT2D eigenvalue weighted by Gasteiger charge is 2.22. The molecule has 1 aromatic heterocycles. The SMILES string of the molecule is NC1CCCCCC1NC(=O)c1ccc[nH]1. The topological polar surface area (TPSA) is 70.9 Å². The molecule has 1 amide bonds. The van der Waals surface area contributed by atoms with Crippen LogP contribution >= 0.6 is 0 Å². The number of amides is 1. The Morgan fingerprint density at radius 2 is 2.19 bits per heavy atom. The van der Waals surface area contributed by atoms with E-state index in [4.69, 9.17) is 5.73 Å². The van der Waals surface area contributed by atoms with E-state index < -0.39 is 0 Å². The molecule has 1 saturated carbocycles. The molecule has 2 rings (SSSR count). The number of rotatable bonds is 2. The summed E-state index contributed by atoms with van der Waals surface area (Å²) in [4.78, 5) is 14.7. The second kappa shape index (κ2) is 5.16. The third-order valence-corrected chi connectivity index (χ3v) is 3.23. The van der Waals surface area contributed by atoms with Crippen molar-refractivity contribution in [3.8, 4) is 0 Å². The van der Waals surface area contributed by atoms with Crippen molar-refractivity contribution >= 4 is 5.91 Å². The average molecular weight is 221 g/mol. The van der Waals surface area contributed by atoms with Crippen molar-refractivity contribution in [1.29, 1.82) is 0 Å². The molecule has 4 N–H and O–H groups in total. The molecule has 0 radical (unpaired) electrons. The number of carbonyl (C=O) groups excluding carboxylic acids is 1. The number of hydrogen-bond donors (Lipinski definition) is 3. The van der Waals surface area contributed by atoms with E-state index >= 15 is 0 Å². The monoisotopic (exact) mass is 221 g/mol. The van der Waals surface area contributed by atoms with Crippen molar-refractivity contribution in [2.24, 2.45) is 5.73 Å². The molecule has 2 unspecified atom stereocenters. The lowest BCUT2D eigenvalue weighted by Gasteiger charge is -2.22. The summed E-state index contributed by atoms with van der Waals surface area (Å²) in [5.74, 6) is -0.0487. The second-order valence-corrected chi connectivity index (χ2v) is 4.47. The Hall–Kier alpha value is -1.29. The summed E-state index contributed by atoms with van der Waals surface area (Å²) in [6.45, 7) is 0. The van der Waals surface area contributed by atoms with Crippen LogP contribution in [0.15, 0.2) is 18.3 Å². The molecule has 0 spiro atoms. The van der Waals surface area contributed by atoms with Gasteiger partial charge in [0.05, 0.1) is 0 Å². The zero-order valence-electron chi connectivity index (χ0n) is 9.41. The molecule has 1 fully saturated rings. The van der Waals surface area contributed by atoms with Gasteiger partial charge >= 0.3 is 0 Å². The van der Waals surface area contributed by atoms with E-state index in [1.807, 2.05) is 6.07 Å². The van der Waals surface area contributed by atoms with Gasteiger partial charge in [0.2, 0.25) is 0 Å². The van der Waals surface area contributed by atoms with E-state index in [2.05, 4.69) is 10.3 Å². The molecule has 1 heterocycles.